The van der Waals surface area contributed by atoms with Gasteiger partial charge >= 0.3 is 0 Å². The van der Waals surface area contributed by atoms with Gasteiger partial charge in [0.15, 0.2) is 5.65 Å². The molecule has 1 spiro atoms. The zero-order valence-electron chi connectivity index (χ0n) is 17.1. The van der Waals surface area contributed by atoms with Gasteiger partial charge in [0.25, 0.3) is 0 Å². The standard InChI is InChI=1S/C22H25N7/c1-13-8-17(18-9-14(2)21-24-15(3)11-29(21)26-18)25-19-12-28(27-20(13)19)16-4-7-23-22(10-16)5-6-22/h8-9,11-12,16,23H,4-7,10H2,1-3H3/t16-/m0/s1. The number of aromatic nitrogens is 6. The van der Waals surface area contributed by atoms with Gasteiger partial charge in [0.2, 0.25) is 0 Å². The largest absolute Gasteiger partial charge is 0.311 e. The summed E-state index contributed by atoms with van der Waals surface area (Å²) >= 11 is 0. The van der Waals surface area contributed by atoms with Gasteiger partial charge in [-0.25, -0.2) is 14.5 Å². The first-order valence-corrected chi connectivity index (χ1v) is 10.5. The zero-order valence-corrected chi connectivity index (χ0v) is 17.1. The minimum Gasteiger partial charge on any atom is -0.311 e. The summed E-state index contributed by atoms with van der Waals surface area (Å²) in [5, 5.41) is 13.4. The predicted octanol–water partition coefficient (Wildman–Crippen LogP) is 3.52. The molecular formula is C22H25N7. The monoisotopic (exact) mass is 387 g/mol. The number of nitrogens with one attached hydrogen (secondary N) is 1. The Morgan fingerprint density at radius 1 is 1.00 bits per heavy atom. The molecule has 29 heavy (non-hydrogen) atoms. The van der Waals surface area contributed by atoms with E-state index in [0.29, 0.717) is 11.6 Å². The Morgan fingerprint density at radius 3 is 2.66 bits per heavy atom. The molecule has 4 aromatic rings. The van der Waals surface area contributed by atoms with Crippen molar-refractivity contribution >= 4 is 16.7 Å². The molecule has 1 N–H and O–H groups in total. The Bertz CT molecular complexity index is 1260. The van der Waals surface area contributed by atoms with Crippen LogP contribution in [-0.2, 0) is 0 Å². The maximum atomic E-state index is 4.93. The second-order valence-corrected chi connectivity index (χ2v) is 8.88. The van der Waals surface area contributed by atoms with Crippen LogP contribution < -0.4 is 5.32 Å². The van der Waals surface area contributed by atoms with Gasteiger partial charge in [0.05, 0.1) is 29.8 Å². The van der Waals surface area contributed by atoms with Crippen LogP contribution in [0.3, 0.4) is 0 Å². The Labute approximate surface area is 169 Å². The quantitative estimate of drug-likeness (QED) is 0.570. The highest BCUT2D eigenvalue weighted by atomic mass is 15.3. The first-order valence-electron chi connectivity index (χ1n) is 10.5. The average molecular weight is 387 g/mol. The topological polar surface area (TPSA) is 72.9 Å². The molecule has 1 saturated heterocycles. The minimum atomic E-state index is 0.383. The van der Waals surface area contributed by atoms with E-state index in [1.54, 1.807) is 0 Å². The number of fused-ring (bicyclic) bond motifs is 2. The molecule has 148 valence electrons. The van der Waals surface area contributed by atoms with E-state index in [9.17, 15) is 0 Å². The first-order chi connectivity index (χ1) is 14.0. The molecule has 1 aliphatic carbocycles. The first kappa shape index (κ1) is 17.1. The second kappa shape index (κ2) is 5.86. The molecule has 5 heterocycles. The van der Waals surface area contributed by atoms with Crippen LogP contribution in [0.25, 0.3) is 28.1 Å². The van der Waals surface area contributed by atoms with Gasteiger partial charge in [-0.2, -0.15) is 10.2 Å². The third-order valence-electron chi connectivity index (χ3n) is 6.50. The van der Waals surface area contributed by atoms with Crippen molar-refractivity contribution in [2.75, 3.05) is 6.54 Å². The number of rotatable bonds is 2. The lowest BCUT2D eigenvalue weighted by molar-refractivity contribution is 0.272. The van der Waals surface area contributed by atoms with E-state index in [-0.39, 0.29) is 0 Å². The highest BCUT2D eigenvalue weighted by Gasteiger charge is 2.46. The number of piperidine rings is 1. The summed E-state index contributed by atoms with van der Waals surface area (Å²) in [5.41, 5.74) is 8.18. The summed E-state index contributed by atoms with van der Waals surface area (Å²) in [4.78, 5) is 9.48. The van der Waals surface area contributed by atoms with Crippen LogP contribution in [0.5, 0.6) is 0 Å². The Hall–Kier alpha value is -2.80. The maximum absolute atomic E-state index is 4.93. The summed E-state index contributed by atoms with van der Waals surface area (Å²) in [6.07, 6.45) is 8.98. The Morgan fingerprint density at radius 2 is 1.83 bits per heavy atom. The summed E-state index contributed by atoms with van der Waals surface area (Å²) in [6, 6.07) is 4.63. The van der Waals surface area contributed by atoms with Crippen LogP contribution in [-0.4, -0.2) is 41.4 Å². The van der Waals surface area contributed by atoms with Crippen molar-refractivity contribution in [1.82, 2.24) is 34.7 Å². The molecule has 1 aliphatic heterocycles. The number of imidazole rings is 1. The molecule has 0 radical (unpaired) electrons. The van der Waals surface area contributed by atoms with Gasteiger partial charge in [-0.1, -0.05) is 0 Å². The molecule has 7 heteroatoms. The second-order valence-electron chi connectivity index (χ2n) is 8.88. The molecule has 1 atom stereocenters. The van der Waals surface area contributed by atoms with Crippen LogP contribution in [0.15, 0.2) is 24.5 Å². The van der Waals surface area contributed by atoms with Crippen molar-refractivity contribution in [1.29, 1.82) is 0 Å². The fraction of sp³-hybridized carbons (Fsp3) is 0.455. The van der Waals surface area contributed by atoms with E-state index >= 15 is 0 Å². The van der Waals surface area contributed by atoms with E-state index in [1.807, 2.05) is 17.6 Å². The lowest BCUT2D eigenvalue weighted by atomic mass is 9.98. The van der Waals surface area contributed by atoms with Crippen molar-refractivity contribution in [2.45, 2.75) is 58.0 Å². The number of aryl methyl sites for hydroxylation is 3. The molecule has 2 aliphatic rings. The van der Waals surface area contributed by atoms with Gasteiger partial charge in [0, 0.05) is 5.54 Å². The lowest BCUT2D eigenvalue weighted by Crippen LogP contribution is -2.40. The predicted molar refractivity (Wildman–Crippen MR) is 112 cm³/mol. The van der Waals surface area contributed by atoms with E-state index in [1.165, 1.54) is 19.3 Å². The van der Waals surface area contributed by atoms with E-state index in [4.69, 9.17) is 15.2 Å². The highest BCUT2D eigenvalue weighted by Crippen LogP contribution is 2.45. The molecule has 0 aromatic carbocycles. The molecule has 7 nitrogen and oxygen atoms in total. The molecule has 0 bridgehead atoms. The van der Waals surface area contributed by atoms with Crippen molar-refractivity contribution in [3.05, 3.63) is 41.3 Å². The fourth-order valence-corrected chi connectivity index (χ4v) is 4.76. The maximum Gasteiger partial charge on any atom is 0.156 e. The van der Waals surface area contributed by atoms with Crippen molar-refractivity contribution < 1.29 is 0 Å². The fourth-order valence-electron chi connectivity index (χ4n) is 4.76. The minimum absolute atomic E-state index is 0.383. The van der Waals surface area contributed by atoms with Crippen molar-refractivity contribution in [3.63, 3.8) is 0 Å². The third kappa shape index (κ3) is 2.75. The van der Waals surface area contributed by atoms with E-state index < -0.39 is 0 Å². The number of hydrogen-bond donors (Lipinski definition) is 1. The van der Waals surface area contributed by atoms with Crippen molar-refractivity contribution in [2.24, 2.45) is 0 Å². The van der Waals surface area contributed by atoms with Crippen LogP contribution in [0.1, 0.15) is 48.5 Å². The molecule has 0 unspecified atom stereocenters. The molecule has 0 amide bonds. The molecule has 2 fully saturated rings. The lowest BCUT2D eigenvalue weighted by Gasteiger charge is -2.30. The van der Waals surface area contributed by atoms with Gasteiger partial charge < -0.3 is 5.32 Å². The molecular weight excluding hydrogens is 362 g/mol. The molecule has 1 saturated carbocycles. The van der Waals surface area contributed by atoms with Gasteiger partial charge in [-0.05, 0) is 76.3 Å². The van der Waals surface area contributed by atoms with Gasteiger partial charge in [-0.15, -0.1) is 0 Å². The van der Waals surface area contributed by atoms with Crippen LogP contribution in [0.4, 0.5) is 0 Å². The van der Waals surface area contributed by atoms with Gasteiger partial charge in [-0.3, -0.25) is 4.68 Å². The zero-order chi connectivity index (χ0) is 19.8. The molecule has 4 aromatic heterocycles. The van der Waals surface area contributed by atoms with E-state index in [0.717, 1.165) is 57.9 Å². The normalized spacial score (nSPS) is 20.7. The summed E-state index contributed by atoms with van der Waals surface area (Å²) in [5.74, 6) is 0. The van der Waals surface area contributed by atoms with Crippen LogP contribution in [0, 0.1) is 20.8 Å². The summed E-state index contributed by atoms with van der Waals surface area (Å²) in [6.45, 7) is 7.25. The van der Waals surface area contributed by atoms with Gasteiger partial charge in [0.1, 0.15) is 16.7 Å². The average Bonchev–Trinajstić information content (AvgIpc) is 3.13. The van der Waals surface area contributed by atoms with Crippen molar-refractivity contribution in [3.8, 4) is 11.4 Å². The summed E-state index contributed by atoms with van der Waals surface area (Å²) < 4.78 is 4.02. The summed E-state index contributed by atoms with van der Waals surface area (Å²) in [7, 11) is 0. The van der Waals surface area contributed by atoms with Crippen LogP contribution >= 0.6 is 0 Å². The Balaban J connectivity index is 1.42. The van der Waals surface area contributed by atoms with Crippen LogP contribution in [0.2, 0.25) is 0 Å². The third-order valence-corrected chi connectivity index (χ3v) is 6.50. The van der Waals surface area contributed by atoms with E-state index in [2.05, 4.69) is 47.2 Å². The number of nitrogens with zero attached hydrogens (tertiary/aromatic N) is 6. The highest BCUT2D eigenvalue weighted by molar-refractivity contribution is 5.80. The number of hydrogen-bond acceptors (Lipinski definition) is 5. The Kier molecular flexibility index (Phi) is 3.45. The SMILES string of the molecule is Cc1cn2nc(-c3cc(C)c4nn([C@H]5CCNC6(CC6)C5)cc4n3)cc(C)c2n1. The number of pyridine rings is 1. The smallest absolute Gasteiger partial charge is 0.156 e. The molecule has 6 rings (SSSR count).